The third-order valence-corrected chi connectivity index (χ3v) is 3.72. The molecule has 2 heterocycles. The number of nitrogens with zero attached hydrogens (tertiary/aromatic N) is 3. The molecule has 0 aliphatic carbocycles. The van der Waals surface area contributed by atoms with E-state index in [0.717, 1.165) is 24.9 Å². The van der Waals surface area contributed by atoms with E-state index in [4.69, 9.17) is 5.26 Å². The summed E-state index contributed by atoms with van der Waals surface area (Å²) in [4.78, 5) is 18.5. The minimum Gasteiger partial charge on any atom is -0.336 e. The van der Waals surface area contributed by atoms with Crippen molar-refractivity contribution in [2.24, 2.45) is 0 Å². The molecule has 0 saturated carbocycles. The quantitative estimate of drug-likeness (QED) is 0.881. The van der Waals surface area contributed by atoms with Crippen LogP contribution in [-0.4, -0.2) is 34.4 Å². The summed E-state index contributed by atoms with van der Waals surface area (Å²) in [5, 5.41) is 12.1. The van der Waals surface area contributed by atoms with E-state index >= 15 is 0 Å². The van der Waals surface area contributed by atoms with Crippen molar-refractivity contribution in [2.45, 2.75) is 38.3 Å². The average Bonchev–Trinajstić information content (AvgIpc) is 2.92. The van der Waals surface area contributed by atoms with Crippen LogP contribution in [0.1, 0.15) is 31.7 Å². The zero-order valence-electron chi connectivity index (χ0n) is 11.8. The molecule has 1 atom stereocenters. The fourth-order valence-electron chi connectivity index (χ4n) is 2.58. The first-order chi connectivity index (χ1) is 9.65. The first kappa shape index (κ1) is 14.5. The number of pyridine rings is 1. The van der Waals surface area contributed by atoms with Crippen LogP contribution in [0, 0.1) is 11.3 Å². The van der Waals surface area contributed by atoms with Gasteiger partial charge in [0.25, 0.3) is 0 Å². The minimum absolute atomic E-state index is 0.0779. The number of nitrogens with one attached hydrogen (secondary N) is 1. The highest BCUT2D eigenvalue weighted by atomic mass is 16.2. The van der Waals surface area contributed by atoms with Crippen molar-refractivity contribution in [3.63, 3.8) is 0 Å². The van der Waals surface area contributed by atoms with Crippen LogP contribution in [0.25, 0.3) is 0 Å². The van der Waals surface area contributed by atoms with Crippen molar-refractivity contribution in [1.29, 1.82) is 5.26 Å². The lowest BCUT2D eigenvalue weighted by Gasteiger charge is -2.31. The number of amides is 1. The van der Waals surface area contributed by atoms with Crippen LogP contribution >= 0.6 is 0 Å². The molecule has 1 aromatic rings. The maximum absolute atomic E-state index is 12.7. The Morgan fingerprint density at radius 3 is 3.10 bits per heavy atom. The monoisotopic (exact) mass is 272 g/mol. The molecule has 0 spiro atoms. The number of nitriles is 1. The Labute approximate surface area is 119 Å². The van der Waals surface area contributed by atoms with Crippen molar-refractivity contribution in [2.75, 3.05) is 13.1 Å². The van der Waals surface area contributed by atoms with Crippen LogP contribution < -0.4 is 5.32 Å². The van der Waals surface area contributed by atoms with E-state index in [0.29, 0.717) is 19.5 Å². The van der Waals surface area contributed by atoms with Gasteiger partial charge < -0.3 is 10.2 Å². The molecular weight excluding hydrogens is 252 g/mol. The second-order valence-electron chi connectivity index (χ2n) is 5.36. The van der Waals surface area contributed by atoms with E-state index in [1.54, 1.807) is 17.3 Å². The molecule has 1 fully saturated rings. The highest BCUT2D eigenvalue weighted by Crippen LogP contribution is 2.22. The van der Waals surface area contributed by atoms with Crippen molar-refractivity contribution in [3.8, 4) is 6.07 Å². The largest absolute Gasteiger partial charge is 0.336 e. The van der Waals surface area contributed by atoms with Crippen LogP contribution in [0.4, 0.5) is 0 Å². The molecule has 0 radical (unpaired) electrons. The van der Waals surface area contributed by atoms with E-state index in [2.05, 4.69) is 16.4 Å². The lowest BCUT2D eigenvalue weighted by molar-refractivity contribution is -0.137. The Kier molecular flexibility index (Phi) is 4.70. The summed E-state index contributed by atoms with van der Waals surface area (Å²) in [6.45, 7) is 3.79. The number of carbonyl (C=O) groups is 1. The van der Waals surface area contributed by atoms with Crippen LogP contribution in [0.3, 0.4) is 0 Å². The lowest BCUT2D eigenvalue weighted by Crippen LogP contribution is -2.52. The van der Waals surface area contributed by atoms with Crippen LogP contribution in [0.2, 0.25) is 0 Å². The van der Waals surface area contributed by atoms with E-state index in [1.165, 1.54) is 0 Å². The normalized spacial score (nSPS) is 21.4. The molecule has 106 valence electrons. The SMILES string of the molecule is CC1(C(=O)N(CCC#N)Cc2cccnc2)CCCN1. The van der Waals surface area contributed by atoms with E-state index in [9.17, 15) is 4.79 Å². The topological polar surface area (TPSA) is 69.0 Å². The summed E-state index contributed by atoms with van der Waals surface area (Å²) < 4.78 is 0. The Morgan fingerprint density at radius 2 is 2.50 bits per heavy atom. The van der Waals surface area contributed by atoms with Gasteiger partial charge in [0, 0.05) is 25.5 Å². The standard InChI is InChI=1S/C15H20N4O/c1-15(6-3-9-18-15)14(20)19(10-4-7-16)12-13-5-2-8-17-11-13/h2,5,8,11,18H,3-4,6,9-10,12H2,1H3. The Balaban J connectivity index is 2.10. The van der Waals surface area contributed by atoms with Gasteiger partial charge in [-0.3, -0.25) is 9.78 Å². The molecule has 1 amide bonds. The van der Waals surface area contributed by atoms with E-state index in [1.807, 2.05) is 19.1 Å². The van der Waals surface area contributed by atoms with Crippen molar-refractivity contribution >= 4 is 5.91 Å². The van der Waals surface area contributed by atoms with Gasteiger partial charge in [-0.1, -0.05) is 6.07 Å². The lowest BCUT2D eigenvalue weighted by atomic mass is 9.98. The predicted molar refractivity (Wildman–Crippen MR) is 75.5 cm³/mol. The summed E-state index contributed by atoms with van der Waals surface area (Å²) >= 11 is 0. The molecule has 1 aromatic heterocycles. The smallest absolute Gasteiger partial charge is 0.242 e. The summed E-state index contributed by atoms with van der Waals surface area (Å²) in [5.41, 5.74) is 0.498. The predicted octanol–water partition coefficient (Wildman–Crippen LogP) is 1.47. The van der Waals surface area contributed by atoms with Gasteiger partial charge in [0.2, 0.25) is 5.91 Å². The van der Waals surface area contributed by atoms with Gasteiger partial charge >= 0.3 is 0 Å². The van der Waals surface area contributed by atoms with E-state index in [-0.39, 0.29) is 5.91 Å². The molecular formula is C15H20N4O. The van der Waals surface area contributed by atoms with Gasteiger partial charge in [0.1, 0.15) is 0 Å². The summed E-state index contributed by atoms with van der Waals surface area (Å²) in [5.74, 6) is 0.0779. The molecule has 1 aliphatic rings. The number of hydrogen-bond donors (Lipinski definition) is 1. The number of aromatic nitrogens is 1. The van der Waals surface area contributed by atoms with Crippen LogP contribution in [0.15, 0.2) is 24.5 Å². The average molecular weight is 272 g/mol. The zero-order valence-corrected chi connectivity index (χ0v) is 11.8. The first-order valence-electron chi connectivity index (χ1n) is 6.96. The minimum atomic E-state index is -0.488. The highest BCUT2D eigenvalue weighted by molar-refractivity contribution is 5.86. The molecule has 5 nitrogen and oxygen atoms in total. The molecule has 0 bridgehead atoms. The number of rotatable bonds is 5. The van der Waals surface area contributed by atoms with Gasteiger partial charge in [0.05, 0.1) is 18.0 Å². The molecule has 1 unspecified atom stereocenters. The Bertz CT molecular complexity index is 488. The maximum atomic E-state index is 12.7. The van der Waals surface area contributed by atoms with E-state index < -0.39 is 5.54 Å². The van der Waals surface area contributed by atoms with Crippen molar-refractivity contribution in [1.82, 2.24) is 15.2 Å². The van der Waals surface area contributed by atoms with Gasteiger partial charge in [-0.05, 0) is 37.9 Å². The van der Waals surface area contributed by atoms with Crippen LogP contribution in [-0.2, 0) is 11.3 Å². The van der Waals surface area contributed by atoms with Gasteiger partial charge in [-0.2, -0.15) is 5.26 Å². The fourth-order valence-corrected chi connectivity index (χ4v) is 2.58. The summed E-state index contributed by atoms with van der Waals surface area (Å²) in [6, 6.07) is 5.92. The molecule has 2 rings (SSSR count). The molecule has 1 saturated heterocycles. The number of carbonyl (C=O) groups excluding carboxylic acids is 1. The maximum Gasteiger partial charge on any atom is 0.242 e. The first-order valence-corrected chi connectivity index (χ1v) is 6.96. The summed E-state index contributed by atoms with van der Waals surface area (Å²) in [7, 11) is 0. The van der Waals surface area contributed by atoms with Gasteiger partial charge in [-0.15, -0.1) is 0 Å². The fraction of sp³-hybridized carbons (Fsp3) is 0.533. The van der Waals surface area contributed by atoms with Crippen molar-refractivity contribution in [3.05, 3.63) is 30.1 Å². The molecule has 20 heavy (non-hydrogen) atoms. The van der Waals surface area contributed by atoms with Crippen molar-refractivity contribution < 1.29 is 4.79 Å². The summed E-state index contributed by atoms with van der Waals surface area (Å²) in [6.07, 6.45) is 5.69. The Hall–Kier alpha value is -1.93. The zero-order chi connectivity index (χ0) is 14.4. The Morgan fingerprint density at radius 1 is 1.65 bits per heavy atom. The second-order valence-corrected chi connectivity index (χ2v) is 5.36. The second kappa shape index (κ2) is 6.49. The van der Waals surface area contributed by atoms with Gasteiger partial charge in [0.15, 0.2) is 0 Å². The van der Waals surface area contributed by atoms with Gasteiger partial charge in [-0.25, -0.2) is 0 Å². The molecule has 1 aliphatic heterocycles. The molecule has 1 N–H and O–H groups in total. The molecule has 5 heteroatoms. The third-order valence-electron chi connectivity index (χ3n) is 3.72. The highest BCUT2D eigenvalue weighted by Gasteiger charge is 2.38. The number of hydrogen-bond acceptors (Lipinski definition) is 4. The van der Waals surface area contributed by atoms with Crippen LogP contribution in [0.5, 0.6) is 0 Å². The molecule has 0 aromatic carbocycles. The third kappa shape index (κ3) is 3.34.